The smallest absolute Gasteiger partial charge is 0.341 e. The third-order valence-electron chi connectivity index (χ3n) is 2.00. The Kier molecular flexibility index (Phi) is 4.10. The van der Waals surface area contributed by atoms with E-state index in [0.29, 0.717) is 17.5 Å². The molecule has 1 aromatic heterocycles. The van der Waals surface area contributed by atoms with Gasteiger partial charge in [-0.3, -0.25) is 0 Å². The summed E-state index contributed by atoms with van der Waals surface area (Å²) >= 11 is 0. The third-order valence-corrected chi connectivity index (χ3v) is 2.00. The van der Waals surface area contributed by atoms with E-state index in [1.54, 1.807) is 12.1 Å². The molecule has 0 unspecified atom stereocenters. The number of urea groups is 1. The molecule has 0 aromatic carbocycles. The Morgan fingerprint density at radius 1 is 1.62 bits per heavy atom. The molecule has 5 nitrogen and oxygen atoms in total. The number of carbonyl (C=O) groups excluding carboxylic acids is 1. The summed E-state index contributed by atoms with van der Waals surface area (Å²) in [4.78, 5) is 15.2. The van der Waals surface area contributed by atoms with Crippen LogP contribution in [0.15, 0.2) is 23.3 Å². The van der Waals surface area contributed by atoms with Crippen molar-refractivity contribution in [2.45, 2.75) is 33.2 Å². The van der Waals surface area contributed by atoms with Gasteiger partial charge in [-0.15, -0.1) is 0 Å². The number of aryl methyl sites for hydroxylation is 1. The molecule has 2 amide bonds. The highest BCUT2D eigenvalue weighted by Gasteiger charge is 2.00. The minimum atomic E-state index is -0.368. The van der Waals surface area contributed by atoms with E-state index in [2.05, 4.69) is 10.3 Å². The zero-order valence-corrected chi connectivity index (χ0v) is 9.77. The summed E-state index contributed by atoms with van der Waals surface area (Å²) in [5, 5.41) is 12.6. The molecule has 16 heavy (non-hydrogen) atoms. The molecular weight excluding hydrogens is 206 g/mol. The molecule has 88 valence electrons. The SMILES string of the molecule is CCc1c/c(=N/C(=O)NC(C)C)ccn1O. The maximum atomic E-state index is 11.4. The Morgan fingerprint density at radius 3 is 2.88 bits per heavy atom. The molecule has 0 atom stereocenters. The molecule has 1 aromatic rings. The van der Waals surface area contributed by atoms with Crippen LogP contribution in [-0.2, 0) is 6.42 Å². The Hall–Kier alpha value is -1.78. The molecule has 0 aliphatic carbocycles. The topological polar surface area (TPSA) is 66.6 Å². The molecule has 1 rings (SSSR count). The van der Waals surface area contributed by atoms with Crippen LogP contribution in [0.5, 0.6) is 0 Å². The fraction of sp³-hybridized carbons (Fsp3) is 0.455. The summed E-state index contributed by atoms with van der Waals surface area (Å²) in [6, 6.07) is 2.96. The summed E-state index contributed by atoms with van der Waals surface area (Å²) < 4.78 is 1.03. The first-order valence-corrected chi connectivity index (χ1v) is 5.29. The normalized spacial score (nSPS) is 11.9. The van der Waals surface area contributed by atoms with Crippen LogP contribution in [0.25, 0.3) is 0 Å². The van der Waals surface area contributed by atoms with Gasteiger partial charge in [-0.1, -0.05) is 6.92 Å². The first kappa shape index (κ1) is 12.3. The summed E-state index contributed by atoms with van der Waals surface area (Å²) in [6.45, 7) is 5.66. The van der Waals surface area contributed by atoms with Gasteiger partial charge in [0, 0.05) is 12.2 Å². The Balaban J connectivity index is 2.95. The molecule has 0 aliphatic rings. The Bertz CT molecular complexity index is 435. The maximum absolute atomic E-state index is 11.4. The van der Waals surface area contributed by atoms with Crippen LogP contribution in [0.3, 0.4) is 0 Å². The summed E-state index contributed by atoms with van der Waals surface area (Å²) in [6.07, 6.45) is 2.14. The standard InChI is InChI=1S/C11H17N3O2/c1-4-10-7-9(5-6-14(10)16)13-11(15)12-8(2)3/h5-8,16H,4H2,1-3H3,(H,12,15)/b13-9+. The van der Waals surface area contributed by atoms with E-state index in [1.807, 2.05) is 20.8 Å². The van der Waals surface area contributed by atoms with Gasteiger partial charge in [0.25, 0.3) is 0 Å². The largest absolute Gasteiger partial charge is 0.429 e. The van der Waals surface area contributed by atoms with Crippen molar-refractivity contribution >= 4 is 6.03 Å². The highest BCUT2D eigenvalue weighted by Crippen LogP contribution is 1.93. The Labute approximate surface area is 94.4 Å². The van der Waals surface area contributed by atoms with Crippen molar-refractivity contribution in [3.05, 3.63) is 29.4 Å². The molecule has 0 fully saturated rings. The van der Waals surface area contributed by atoms with Crippen molar-refractivity contribution in [3.63, 3.8) is 0 Å². The molecule has 0 saturated heterocycles. The molecular formula is C11H17N3O2. The van der Waals surface area contributed by atoms with Crippen LogP contribution in [0.2, 0.25) is 0 Å². The molecule has 0 bridgehead atoms. The van der Waals surface area contributed by atoms with Gasteiger partial charge in [0.2, 0.25) is 0 Å². The lowest BCUT2D eigenvalue weighted by Crippen LogP contribution is -2.29. The second-order valence-corrected chi connectivity index (χ2v) is 3.79. The Morgan fingerprint density at radius 2 is 2.31 bits per heavy atom. The predicted octanol–water partition coefficient (Wildman–Crippen LogP) is 1.31. The number of amides is 2. The molecule has 0 radical (unpaired) electrons. The maximum Gasteiger partial charge on any atom is 0.341 e. The average Bonchev–Trinajstić information content (AvgIpc) is 2.19. The molecule has 5 heteroatoms. The van der Waals surface area contributed by atoms with Crippen LogP contribution < -0.4 is 10.7 Å². The second kappa shape index (κ2) is 5.34. The van der Waals surface area contributed by atoms with Crippen LogP contribution in [0.4, 0.5) is 4.79 Å². The minimum absolute atomic E-state index is 0.0633. The summed E-state index contributed by atoms with van der Waals surface area (Å²) in [5.74, 6) is 0. The van der Waals surface area contributed by atoms with Crippen LogP contribution >= 0.6 is 0 Å². The van der Waals surface area contributed by atoms with Crippen molar-refractivity contribution in [1.82, 2.24) is 10.0 Å². The lowest BCUT2D eigenvalue weighted by atomic mass is 10.3. The van der Waals surface area contributed by atoms with Crippen molar-refractivity contribution in [1.29, 1.82) is 0 Å². The van der Waals surface area contributed by atoms with E-state index in [0.717, 1.165) is 4.73 Å². The van der Waals surface area contributed by atoms with E-state index >= 15 is 0 Å². The van der Waals surface area contributed by atoms with Gasteiger partial charge >= 0.3 is 6.03 Å². The van der Waals surface area contributed by atoms with Gasteiger partial charge in [0.15, 0.2) is 0 Å². The van der Waals surface area contributed by atoms with Gasteiger partial charge < -0.3 is 10.5 Å². The highest BCUT2D eigenvalue weighted by molar-refractivity contribution is 5.75. The number of carbonyl (C=O) groups is 1. The lowest BCUT2D eigenvalue weighted by Gasteiger charge is -2.05. The quantitative estimate of drug-likeness (QED) is 0.742. The molecule has 0 saturated carbocycles. The van der Waals surface area contributed by atoms with Crippen molar-refractivity contribution in [2.75, 3.05) is 0 Å². The third kappa shape index (κ3) is 3.42. The van der Waals surface area contributed by atoms with Gasteiger partial charge in [-0.2, -0.15) is 9.72 Å². The average molecular weight is 223 g/mol. The van der Waals surface area contributed by atoms with Crippen LogP contribution in [0.1, 0.15) is 26.5 Å². The number of hydrogen-bond acceptors (Lipinski definition) is 2. The van der Waals surface area contributed by atoms with Crippen molar-refractivity contribution in [3.8, 4) is 0 Å². The first-order chi connectivity index (χ1) is 7.52. The minimum Gasteiger partial charge on any atom is -0.429 e. The molecule has 1 heterocycles. The number of hydrogen-bond donors (Lipinski definition) is 2. The number of nitrogens with one attached hydrogen (secondary N) is 1. The molecule has 0 aliphatic heterocycles. The summed E-state index contributed by atoms with van der Waals surface area (Å²) in [5.41, 5.74) is 0.707. The van der Waals surface area contributed by atoms with Gasteiger partial charge in [-0.05, 0) is 32.4 Å². The molecule has 2 N–H and O–H groups in total. The molecule has 0 spiro atoms. The fourth-order valence-electron chi connectivity index (χ4n) is 1.26. The summed E-state index contributed by atoms with van der Waals surface area (Å²) in [7, 11) is 0. The monoisotopic (exact) mass is 223 g/mol. The zero-order valence-electron chi connectivity index (χ0n) is 9.77. The lowest BCUT2D eigenvalue weighted by molar-refractivity contribution is 0.175. The highest BCUT2D eigenvalue weighted by atomic mass is 16.5. The number of rotatable bonds is 2. The number of aromatic nitrogens is 1. The number of nitrogens with zero attached hydrogens (tertiary/aromatic N) is 2. The van der Waals surface area contributed by atoms with E-state index in [9.17, 15) is 10.0 Å². The van der Waals surface area contributed by atoms with E-state index in [-0.39, 0.29) is 12.1 Å². The van der Waals surface area contributed by atoms with E-state index < -0.39 is 0 Å². The van der Waals surface area contributed by atoms with Gasteiger partial charge in [0.1, 0.15) is 0 Å². The van der Waals surface area contributed by atoms with Gasteiger partial charge in [-0.25, -0.2) is 4.79 Å². The predicted molar refractivity (Wildman–Crippen MR) is 60.2 cm³/mol. The van der Waals surface area contributed by atoms with Crippen LogP contribution in [-0.4, -0.2) is 22.0 Å². The van der Waals surface area contributed by atoms with Gasteiger partial charge in [0.05, 0.1) is 11.1 Å². The van der Waals surface area contributed by atoms with Crippen molar-refractivity contribution < 1.29 is 10.0 Å². The van der Waals surface area contributed by atoms with E-state index in [1.165, 1.54) is 6.20 Å². The zero-order chi connectivity index (χ0) is 12.1. The number of pyridine rings is 1. The first-order valence-electron chi connectivity index (χ1n) is 5.29. The van der Waals surface area contributed by atoms with Crippen molar-refractivity contribution in [2.24, 2.45) is 4.99 Å². The second-order valence-electron chi connectivity index (χ2n) is 3.79. The fourth-order valence-corrected chi connectivity index (χ4v) is 1.26. The van der Waals surface area contributed by atoms with E-state index in [4.69, 9.17) is 0 Å². The van der Waals surface area contributed by atoms with Crippen LogP contribution in [0, 0.1) is 0 Å².